The SMILES string of the molecule is Cc1ncc(-c2ccc3cnc(CC(=O)CCN4CCOCC4)cc3n2)o1. The van der Waals surface area contributed by atoms with Crippen LogP contribution in [0.1, 0.15) is 18.0 Å². The van der Waals surface area contributed by atoms with Crippen molar-refractivity contribution in [3.63, 3.8) is 0 Å². The topological polar surface area (TPSA) is 81.4 Å². The first-order valence-corrected chi connectivity index (χ1v) is 9.18. The van der Waals surface area contributed by atoms with Crippen LogP contribution in [-0.4, -0.2) is 58.5 Å². The summed E-state index contributed by atoms with van der Waals surface area (Å²) < 4.78 is 10.9. The van der Waals surface area contributed by atoms with Gasteiger partial charge in [-0.2, -0.15) is 0 Å². The molecule has 4 rings (SSSR count). The summed E-state index contributed by atoms with van der Waals surface area (Å²) >= 11 is 0. The second kappa shape index (κ2) is 7.94. The molecule has 0 N–H and O–H groups in total. The van der Waals surface area contributed by atoms with Gasteiger partial charge in [0.25, 0.3) is 0 Å². The molecule has 0 amide bonds. The normalized spacial score (nSPS) is 15.3. The molecule has 3 aromatic rings. The lowest BCUT2D eigenvalue weighted by Crippen LogP contribution is -2.37. The number of aromatic nitrogens is 3. The molecule has 0 atom stereocenters. The molecule has 140 valence electrons. The highest BCUT2D eigenvalue weighted by Gasteiger charge is 2.13. The van der Waals surface area contributed by atoms with Gasteiger partial charge in [-0.05, 0) is 18.2 Å². The molecule has 1 saturated heterocycles. The van der Waals surface area contributed by atoms with Crippen molar-refractivity contribution in [2.24, 2.45) is 0 Å². The first-order chi connectivity index (χ1) is 13.2. The van der Waals surface area contributed by atoms with Crippen LogP contribution >= 0.6 is 0 Å². The molecule has 27 heavy (non-hydrogen) atoms. The van der Waals surface area contributed by atoms with Crippen molar-refractivity contribution in [3.05, 3.63) is 42.2 Å². The quantitative estimate of drug-likeness (QED) is 0.663. The minimum Gasteiger partial charge on any atom is -0.439 e. The Kier molecular flexibility index (Phi) is 5.22. The molecule has 0 spiro atoms. The number of morpholine rings is 1. The number of hydrogen-bond donors (Lipinski definition) is 0. The minimum absolute atomic E-state index is 0.190. The van der Waals surface area contributed by atoms with E-state index in [1.54, 1.807) is 19.3 Å². The molecule has 7 nitrogen and oxygen atoms in total. The third-order valence-corrected chi connectivity index (χ3v) is 4.69. The Morgan fingerprint density at radius 3 is 2.81 bits per heavy atom. The molecule has 1 aliphatic heterocycles. The van der Waals surface area contributed by atoms with Crippen molar-refractivity contribution in [2.75, 3.05) is 32.8 Å². The van der Waals surface area contributed by atoms with E-state index in [0.29, 0.717) is 24.5 Å². The third-order valence-electron chi connectivity index (χ3n) is 4.69. The molecule has 0 unspecified atom stereocenters. The summed E-state index contributed by atoms with van der Waals surface area (Å²) in [6, 6.07) is 5.72. The molecular formula is C20H22N4O3. The van der Waals surface area contributed by atoms with Crippen LogP contribution < -0.4 is 0 Å². The van der Waals surface area contributed by atoms with Crippen LogP contribution in [0.5, 0.6) is 0 Å². The van der Waals surface area contributed by atoms with Gasteiger partial charge in [0.1, 0.15) is 11.5 Å². The maximum atomic E-state index is 12.3. The van der Waals surface area contributed by atoms with Crippen LogP contribution in [0.3, 0.4) is 0 Å². The zero-order valence-electron chi connectivity index (χ0n) is 15.4. The van der Waals surface area contributed by atoms with Gasteiger partial charge in [0.2, 0.25) is 0 Å². The molecule has 7 heteroatoms. The third kappa shape index (κ3) is 4.37. The van der Waals surface area contributed by atoms with Crippen LogP contribution in [0.4, 0.5) is 0 Å². The fourth-order valence-corrected chi connectivity index (χ4v) is 3.17. The molecule has 0 radical (unpaired) electrons. The fourth-order valence-electron chi connectivity index (χ4n) is 3.17. The monoisotopic (exact) mass is 366 g/mol. The number of carbonyl (C=O) groups excluding carboxylic acids is 1. The second-order valence-corrected chi connectivity index (χ2v) is 6.73. The summed E-state index contributed by atoms with van der Waals surface area (Å²) in [5.41, 5.74) is 2.26. The molecule has 0 saturated carbocycles. The first kappa shape index (κ1) is 17.8. The standard InChI is InChI=1S/C20H22N4O3/c1-14-21-13-20(27-14)18-3-2-15-12-22-16(11-19(15)23-18)10-17(25)4-5-24-6-8-26-9-7-24/h2-3,11-13H,4-10H2,1H3. The van der Waals surface area contributed by atoms with Crippen LogP contribution in [0.15, 0.2) is 35.0 Å². The number of aryl methyl sites for hydroxylation is 1. The van der Waals surface area contributed by atoms with Crippen molar-refractivity contribution in [3.8, 4) is 11.5 Å². The van der Waals surface area contributed by atoms with Gasteiger partial charge in [-0.25, -0.2) is 9.97 Å². The Morgan fingerprint density at radius 2 is 2.04 bits per heavy atom. The Hall–Kier alpha value is -2.64. The summed E-state index contributed by atoms with van der Waals surface area (Å²) in [5, 5.41) is 0.930. The van der Waals surface area contributed by atoms with E-state index in [1.165, 1.54) is 0 Å². The lowest BCUT2D eigenvalue weighted by molar-refractivity contribution is -0.119. The summed E-state index contributed by atoms with van der Waals surface area (Å²) in [4.78, 5) is 27.8. The number of fused-ring (bicyclic) bond motifs is 1. The zero-order chi connectivity index (χ0) is 18.6. The van der Waals surface area contributed by atoms with E-state index in [0.717, 1.165) is 55.1 Å². The number of rotatable bonds is 6. The van der Waals surface area contributed by atoms with Gasteiger partial charge in [-0.1, -0.05) is 0 Å². The molecule has 4 heterocycles. The number of hydrogen-bond acceptors (Lipinski definition) is 7. The van der Waals surface area contributed by atoms with Crippen LogP contribution in [0.25, 0.3) is 22.4 Å². The van der Waals surface area contributed by atoms with Crippen LogP contribution in [0, 0.1) is 6.92 Å². The molecule has 1 fully saturated rings. The average molecular weight is 366 g/mol. The van der Waals surface area contributed by atoms with Crippen molar-refractivity contribution in [1.29, 1.82) is 0 Å². The predicted octanol–water partition coefficient (Wildman–Crippen LogP) is 2.43. The Bertz CT molecular complexity index is 947. The lowest BCUT2D eigenvalue weighted by Gasteiger charge is -2.26. The van der Waals surface area contributed by atoms with Crippen molar-refractivity contribution < 1.29 is 13.9 Å². The summed E-state index contributed by atoms with van der Waals surface area (Å²) in [6.07, 6.45) is 4.29. The average Bonchev–Trinajstić information content (AvgIpc) is 3.13. The van der Waals surface area contributed by atoms with Gasteiger partial charge in [0.05, 0.1) is 24.9 Å². The van der Waals surface area contributed by atoms with E-state index in [9.17, 15) is 4.79 Å². The van der Waals surface area contributed by atoms with Crippen LogP contribution in [0.2, 0.25) is 0 Å². The maximum Gasteiger partial charge on any atom is 0.191 e. The largest absolute Gasteiger partial charge is 0.439 e. The van der Waals surface area contributed by atoms with E-state index in [-0.39, 0.29) is 5.78 Å². The number of oxazole rings is 1. The van der Waals surface area contributed by atoms with Gasteiger partial charge >= 0.3 is 0 Å². The Labute approximate surface area is 157 Å². The predicted molar refractivity (Wildman–Crippen MR) is 100 cm³/mol. The highest BCUT2D eigenvalue weighted by molar-refractivity contribution is 5.84. The van der Waals surface area contributed by atoms with Crippen molar-refractivity contribution in [2.45, 2.75) is 19.8 Å². The van der Waals surface area contributed by atoms with E-state index in [2.05, 4.69) is 19.9 Å². The number of nitrogens with zero attached hydrogens (tertiary/aromatic N) is 4. The Balaban J connectivity index is 1.44. The van der Waals surface area contributed by atoms with Crippen molar-refractivity contribution >= 4 is 16.7 Å². The highest BCUT2D eigenvalue weighted by Crippen LogP contribution is 2.22. The molecule has 0 aliphatic carbocycles. The number of pyridine rings is 2. The number of ketones is 1. The summed E-state index contributed by atoms with van der Waals surface area (Å²) in [7, 11) is 0. The lowest BCUT2D eigenvalue weighted by atomic mass is 10.1. The molecule has 1 aliphatic rings. The van der Waals surface area contributed by atoms with E-state index >= 15 is 0 Å². The minimum atomic E-state index is 0.190. The molecule has 0 bridgehead atoms. The van der Waals surface area contributed by atoms with Gasteiger partial charge < -0.3 is 9.15 Å². The first-order valence-electron chi connectivity index (χ1n) is 9.18. The molecular weight excluding hydrogens is 344 g/mol. The maximum absolute atomic E-state index is 12.3. The van der Waals surface area contributed by atoms with Gasteiger partial charge in [0.15, 0.2) is 11.7 Å². The highest BCUT2D eigenvalue weighted by atomic mass is 16.5. The van der Waals surface area contributed by atoms with Gasteiger partial charge in [-0.15, -0.1) is 0 Å². The second-order valence-electron chi connectivity index (χ2n) is 6.73. The fraction of sp³-hybridized carbons (Fsp3) is 0.400. The van der Waals surface area contributed by atoms with E-state index < -0.39 is 0 Å². The van der Waals surface area contributed by atoms with Gasteiger partial charge in [-0.3, -0.25) is 14.7 Å². The zero-order valence-corrected chi connectivity index (χ0v) is 15.4. The smallest absolute Gasteiger partial charge is 0.191 e. The van der Waals surface area contributed by atoms with E-state index in [4.69, 9.17) is 9.15 Å². The van der Waals surface area contributed by atoms with Crippen molar-refractivity contribution in [1.82, 2.24) is 19.9 Å². The number of carbonyl (C=O) groups is 1. The Morgan fingerprint density at radius 1 is 1.19 bits per heavy atom. The van der Waals surface area contributed by atoms with E-state index in [1.807, 2.05) is 18.2 Å². The molecule has 3 aromatic heterocycles. The van der Waals surface area contributed by atoms with Gasteiger partial charge in [0, 0.05) is 56.7 Å². The summed E-state index contributed by atoms with van der Waals surface area (Å²) in [5.74, 6) is 1.43. The molecule has 0 aromatic carbocycles. The summed E-state index contributed by atoms with van der Waals surface area (Å²) in [6.45, 7) is 5.88. The number of ether oxygens (including phenoxy) is 1. The van der Waals surface area contributed by atoms with Crippen LogP contribution in [-0.2, 0) is 16.0 Å². The number of Topliss-reactive ketones (excluding diaryl/α,β-unsaturated/α-hetero) is 1.